The molecule has 1 amide bonds. The molecule has 0 aliphatic heterocycles. The smallest absolute Gasteiger partial charge is 0.217 e. The van der Waals surface area contributed by atoms with Crippen LogP contribution in [-0.4, -0.2) is 11.4 Å². The molecule has 0 fully saturated rings. The minimum atomic E-state index is -0.349. The maximum Gasteiger partial charge on any atom is 0.217 e. The molecule has 0 aromatic carbocycles. The summed E-state index contributed by atoms with van der Waals surface area (Å²) in [4.78, 5) is 10.8. The van der Waals surface area contributed by atoms with Gasteiger partial charge in [0.15, 0.2) is 0 Å². The zero-order valence-electron chi connectivity index (χ0n) is 8.27. The van der Waals surface area contributed by atoms with Gasteiger partial charge < -0.3 is 5.32 Å². The summed E-state index contributed by atoms with van der Waals surface area (Å²) >= 11 is 0. The van der Waals surface area contributed by atoms with Gasteiger partial charge in [0.25, 0.3) is 0 Å². The lowest BCUT2D eigenvalue weighted by Gasteiger charge is -2.26. The number of allylic oxidation sites excluding steroid dienone is 1. The van der Waals surface area contributed by atoms with E-state index in [1.165, 1.54) is 6.92 Å². The highest BCUT2D eigenvalue weighted by Gasteiger charge is 2.19. The molecule has 0 atom stereocenters. The fraction of sp³-hybridized carbons (Fsp3) is 0.500. The van der Waals surface area contributed by atoms with Gasteiger partial charge in [-0.2, -0.15) is 0 Å². The van der Waals surface area contributed by atoms with Crippen LogP contribution in [0, 0.1) is 0 Å². The standard InChI is InChI=1S/C10H17NO/c1-6-7-8(2)10(4,5)11-9(3)12/h6-7H,2H2,1,3-5H3,(H,11,12)/b7-6-. The number of carbonyl (C=O) groups is 1. The van der Waals surface area contributed by atoms with Crippen LogP contribution in [0.4, 0.5) is 0 Å². The van der Waals surface area contributed by atoms with Crippen molar-refractivity contribution in [3.63, 3.8) is 0 Å². The van der Waals surface area contributed by atoms with E-state index >= 15 is 0 Å². The predicted molar refractivity (Wildman–Crippen MR) is 51.8 cm³/mol. The summed E-state index contributed by atoms with van der Waals surface area (Å²) in [6.45, 7) is 11.2. The lowest BCUT2D eigenvalue weighted by Crippen LogP contribution is -2.43. The van der Waals surface area contributed by atoms with Crippen molar-refractivity contribution in [1.29, 1.82) is 0 Å². The first-order chi connectivity index (χ1) is 5.40. The fourth-order valence-electron chi connectivity index (χ4n) is 0.930. The monoisotopic (exact) mass is 167 g/mol. The average Bonchev–Trinajstić information content (AvgIpc) is 1.85. The van der Waals surface area contributed by atoms with Crippen molar-refractivity contribution in [3.8, 4) is 0 Å². The summed E-state index contributed by atoms with van der Waals surface area (Å²) in [6.07, 6.45) is 3.81. The van der Waals surface area contributed by atoms with Gasteiger partial charge in [-0.1, -0.05) is 18.7 Å². The van der Waals surface area contributed by atoms with Gasteiger partial charge in [-0.3, -0.25) is 4.79 Å². The molecule has 0 aromatic heterocycles. The Kier molecular flexibility index (Phi) is 3.74. The second-order valence-corrected chi connectivity index (χ2v) is 3.33. The van der Waals surface area contributed by atoms with Crippen molar-refractivity contribution in [2.45, 2.75) is 33.2 Å². The molecular formula is C10H17NO. The van der Waals surface area contributed by atoms with Crippen LogP contribution in [0.5, 0.6) is 0 Å². The first-order valence-corrected chi connectivity index (χ1v) is 4.01. The normalized spacial score (nSPS) is 11.7. The highest BCUT2D eigenvalue weighted by molar-refractivity contribution is 5.74. The van der Waals surface area contributed by atoms with Crippen LogP contribution in [0.1, 0.15) is 27.7 Å². The molecule has 12 heavy (non-hydrogen) atoms. The Hall–Kier alpha value is -1.05. The second-order valence-electron chi connectivity index (χ2n) is 3.33. The van der Waals surface area contributed by atoms with E-state index < -0.39 is 0 Å². The van der Waals surface area contributed by atoms with Crippen molar-refractivity contribution in [2.75, 3.05) is 0 Å². The maximum atomic E-state index is 10.8. The zero-order chi connectivity index (χ0) is 9.78. The molecule has 0 radical (unpaired) electrons. The predicted octanol–water partition coefficient (Wildman–Crippen LogP) is 2.03. The van der Waals surface area contributed by atoms with Gasteiger partial charge in [0.05, 0.1) is 5.54 Å². The molecule has 0 rings (SSSR count). The van der Waals surface area contributed by atoms with Gasteiger partial charge in [-0.05, 0) is 26.3 Å². The number of amides is 1. The average molecular weight is 167 g/mol. The molecular weight excluding hydrogens is 150 g/mol. The maximum absolute atomic E-state index is 10.8. The Balaban J connectivity index is 4.38. The Morgan fingerprint density at radius 3 is 2.33 bits per heavy atom. The van der Waals surface area contributed by atoms with Gasteiger partial charge in [-0.15, -0.1) is 0 Å². The van der Waals surface area contributed by atoms with Gasteiger partial charge >= 0.3 is 0 Å². The molecule has 1 N–H and O–H groups in total. The van der Waals surface area contributed by atoms with Gasteiger partial charge in [0.1, 0.15) is 0 Å². The van der Waals surface area contributed by atoms with Gasteiger partial charge in [0.2, 0.25) is 5.91 Å². The third-order valence-electron chi connectivity index (χ3n) is 1.66. The number of carbonyl (C=O) groups excluding carboxylic acids is 1. The molecule has 0 aliphatic rings. The van der Waals surface area contributed by atoms with E-state index in [1.54, 1.807) is 0 Å². The highest BCUT2D eigenvalue weighted by atomic mass is 16.1. The van der Waals surface area contributed by atoms with Crippen LogP contribution in [0.15, 0.2) is 24.3 Å². The molecule has 0 aliphatic carbocycles. The van der Waals surface area contributed by atoms with E-state index in [0.29, 0.717) is 0 Å². The van der Waals surface area contributed by atoms with E-state index in [0.717, 1.165) is 5.57 Å². The molecule has 68 valence electrons. The quantitative estimate of drug-likeness (QED) is 0.640. The number of hydrogen-bond donors (Lipinski definition) is 1. The van der Waals surface area contributed by atoms with Gasteiger partial charge in [0, 0.05) is 6.92 Å². The first kappa shape index (κ1) is 11.0. The molecule has 0 unspecified atom stereocenters. The van der Waals surface area contributed by atoms with Crippen LogP contribution in [0.2, 0.25) is 0 Å². The molecule has 0 spiro atoms. The summed E-state index contributed by atoms with van der Waals surface area (Å²) in [5.74, 6) is -0.0364. The van der Waals surface area contributed by atoms with Crippen LogP contribution in [-0.2, 0) is 4.79 Å². The van der Waals surface area contributed by atoms with Crippen molar-refractivity contribution in [2.24, 2.45) is 0 Å². The SMILES string of the molecule is C=C(/C=C\C)C(C)(C)NC(C)=O. The highest BCUT2D eigenvalue weighted by Crippen LogP contribution is 2.14. The number of nitrogens with one attached hydrogen (secondary N) is 1. The summed E-state index contributed by atoms with van der Waals surface area (Å²) in [7, 11) is 0. The molecule has 2 heteroatoms. The summed E-state index contributed by atoms with van der Waals surface area (Å²) in [6, 6.07) is 0. The van der Waals surface area contributed by atoms with Crippen LogP contribution in [0.25, 0.3) is 0 Å². The minimum absolute atomic E-state index is 0.0364. The van der Waals surface area contributed by atoms with Crippen LogP contribution in [0.3, 0.4) is 0 Å². The third-order valence-corrected chi connectivity index (χ3v) is 1.66. The summed E-state index contributed by atoms with van der Waals surface area (Å²) in [5.41, 5.74) is 0.554. The second kappa shape index (κ2) is 4.10. The van der Waals surface area contributed by atoms with E-state index in [9.17, 15) is 4.79 Å². The largest absolute Gasteiger partial charge is 0.347 e. The molecule has 2 nitrogen and oxygen atoms in total. The Bertz CT molecular complexity index is 214. The van der Waals surface area contributed by atoms with Crippen molar-refractivity contribution in [3.05, 3.63) is 24.3 Å². The van der Waals surface area contributed by atoms with E-state index in [1.807, 2.05) is 32.9 Å². The van der Waals surface area contributed by atoms with Crippen molar-refractivity contribution in [1.82, 2.24) is 5.32 Å². The Labute approximate surface area is 74.4 Å². The van der Waals surface area contributed by atoms with Crippen LogP contribution < -0.4 is 5.32 Å². The summed E-state index contributed by atoms with van der Waals surface area (Å²) in [5, 5.41) is 2.81. The minimum Gasteiger partial charge on any atom is -0.347 e. The topological polar surface area (TPSA) is 29.1 Å². The molecule has 0 saturated carbocycles. The Morgan fingerprint density at radius 2 is 2.00 bits per heavy atom. The summed E-state index contributed by atoms with van der Waals surface area (Å²) < 4.78 is 0. The fourth-order valence-corrected chi connectivity index (χ4v) is 0.930. The molecule has 0 heterocycles. The zero-order valence-corrected chi connectivity index (χ0v) is 8.27. The van der Waals surface area contributed by atoms with Gasteiger partial charge in [-0.25, -0.2) is 0 Å². The van der Waals surface area contributed by atoms with Crippen LogP contribution >= 0.6 is 0 Å². The lowest BCUT2D eigenvalue weighted by atomic mass is 9.95. The molecule has 0 aromatic rings. The van der Waals surface area contributed by atoms with E-state index in [2.05, 4.69) is 11.9 Å². The number of rotatable bonds is 3. The number of hydrogen-bond acceptors (Lipinski definition) is 1. The third kappa shape index (κ3) is 3.37. The first-order valence-electron chi connectivity index (χ1n) is 4.01. The van der Waals surface area contributed by atoms with Crippen molar-refractivity contribution >= 4 is 5.91 Å². The van der Waals surface area contributed by atoms with Crippen molar-refractivity contribution < 1.29 is 4.79 Å². The van der Waals surface area contributed by atoms with E-state index in [-0.39, 0.29) is 11.4 Å². The van der Waals surface area contributed by atoms with E-state index in [4.69, 9.17) is 0 Å². The Morgan fingerprint density at radius 1 is 1.50 bits per heavy atom. The molecule has 0 bridgehead atoms. The molecule has 0 saturated heterocycles. The lowest BCUT2D eigenvalue weighted by molar-refractivity contribution is -0.120.